The molecule has 1 fully saturated rings. The normalized spacial score (nSPS) is 15.9. The molecular weight excluding hydrogens is 343 g/mol. The molecule has 140 valence electrons. The molecule has 1 saturated heterocycles. The number of hydrogen-bond acceptors (Lipinski definition) is 4. The topological polar surface area (TPSA) is 73.4 Å². The van der Waals surface area contributed by atoms with Gasteiger partial charge < -0.3 is 10.6 Å². The highest BCUT2D eigenvalue weighted by Gasteiger charge is 2.15. The van der Waals surface area contributed by atoms with Crippen molar-refractivity contribution in [2.75, 3.05) is 33.2 Å². The summed E-state index contributed by atoms with van der Waals surface area (Å²) in [6, 6.07) is 11.8. The van der Waals surface area contributed by atoms with Crippen LogP contribution in [-0.4, -0.2) is 48.9 Å². The lowest BCUT2D eigenvalue weighted by Crippen LogP contribution is -2.28. The van der Waals surface area contributed by atoms with Crippen LogP contribution in [0.3, 0.4) is 0 Å². The van der Waals surface area contributed by atoms with Gasteiger partial charge in [-0.2, -0.15) is 5.26 Å². The van der Waals surface area contributed by atoms with E-state index in [0.29, 0.717) is 16.7 Å². The summed E-state index contributed by atoms with van der Waals surface area (Å²) in [5.74, 6) is -1.24. The number of nitriles is 1. The molecule has 0 saturated carbocycles. The Balaban J connectivity index is 1.85. The lowest BCUT2D eigenvalue weighted by Gasteiger charge is -2.20. The second-order valence-corrected chi connectivity index (χ2v) is 6.98. The Bertz CT molecular complexity index is 890. The van der Waals surface area contributed by atoms with Gasteiger partial charge in [0.05, 0.1) is 11.6 Å². The number of halogens is 1. The molecule has 6 heteroatoms. The molecule has 1 aliphatic rings. The van der Waals surface area contributed by atoms with Crippen LogP contribution >= 0.6 is 0 Å². The fourth-order valence-electron chi connectivity index (χ4n) is 3.42. The molecule has 1 heterocycles. The third kappa shape index (κ3) is 4.51. The number of hydrogen-bond donors (Lipinski definition) is 1. The minimum absolute atomic E-state index is 0.109. The number of nitrogens with zero attached hydrogens (tertiary/aromatic N) is 3. The first-order valence-corrected chi connectivity index (χ1v) is 9.01. The van der Waals surface area contributed by atoms with E-state index in [9.17, 15) is 14.4 Å². The maximum absolute atomic E-state index is 14.4. The largest absolute Gasteiger partial charge is 0.366 e. The fraction of sp³-hybridized carbons (Fsp3) is 0.333. The van der Waals surface area contributed by atoms with Gasteiger partial charge >= 0.3 is 0 Å². The predicted molar refractivity (Wildman–Crippen MR) is 102 cm³/mol. The van der Waals surface area contributed by atoms with Crippen molar-refractivity contribution in [3.05, 3.63) is 58.9 Å². The van der Waals surface area contributed by atoms with Gasteiger partial charge in [-0.3, -0.25) is 9.69 Å². The van der Waals surface area contributed by atoms with Crippen molar-refractivity contribution < 1.29 is 9.18 Å². The van der Waals surface area contributed by atoms with Crippen LogP contribution < -0.4 is 5.73 Å². The van der Waals surface area contributed by atoms with Crippen LogP contribution in [0.25, 0.3) is 11.1 Å². The highest BCUT2D eigenvalue weighted by molar-refractivity contribution is 5.93. The summed E-state index contributed by atoms with van der Waals surface area (Å²) in [5.41, 5.74) is 7.57. The molecule has 2 aromatic rings. The lowest BCUT2D eigenvalue weighted by atomic mass is 9.96. The van der Waals surface area contributed by atoms with Gasteiger partial charge in [0, 0.05) is 36.3 Å². The number of carbonyl (C=O) groups excluding carboxylic acids is 1. The Morgan fingerprint density at radius 3 is 2.63 bits per heavy atom. The zero-order valence-corrected chi connectivity index (χ0v) is 15.4. The second-order valence-electron chi connectivity index (χ2n) is 6.98. The van der Waals surface area contributed by atoms with E-state index < -0.39 is 11.7 Å². The summed E-state index contributed by atoms with van der Waals surface area (Å²) in [6.07, 6.45) is 1.12. The van der Waals surface area contributed by atoms with Crippen LogP contribution in [-0.2, 0) is 6.54 Å². The molecule has 0 bridgehead atoms. The first-order chi connectivity index (χ1) is 13.0. The summed E-state index contributed by atoms with van der Waals surface area (Å²) in [7, 11) is 2.13. The summed E-state index contributed by atoms with van der Waals surface area (Å²) in [4.78, 5) is 15.9. The van der Waals surface area contributed by atoms with Crippen molar-refractivity contribution in [2.24, 2.45) is 5.73 Å². The SMILES string of the molecule is CN1CCCN(Cc2ccc(-c3ccc(C(N)=O)cc3F)c(C#N)c2)CC1. The lowest BCUT2D eigenvalue weighted by molar-refractivity contribution is 0.1000. The van der Waals surface area contributed by atoms with E-state index in [1.807, 2.05) is 12.1 Å². The molecule has 0 atom stereocenters. The van der Waals surface area contributed by atoms with Crippen molar-refractivity contribution in [3.63, 3.8) is 0 Å². The third-order valence-corrected chi connectivity index (χ3v) is 4.97. The molecule has 3 rings (SSSR count). The van der Waals surface area contributed by atoms with Crippen LogP contribution in [0.15, 0.2) is 36.4 Å². The molecule has 5 nitrogen and oxygen atoms in total. The number of likely N-dealkylation sites (N-methyl/N-ethyl adjacent to an activating group) is 1. The molecule has 0 unspecified atom stereocenters. The van der Waals surface area contributed by atoms with Crippen molar-refractivity contribution in [3.8, 4) is 17.2 Å². The summed E-state index contributed by atoms with van der Waals surface area (Å²) < 4.78 is 14.4. The number of amides is 1. The predicted octanol–water partition coefficient (Wildman–Crippen LogP) is 2.60. The average Bonchev–Trinajstić information content (AvgIpc) is 2.86. The molecular formula is C21H23FN4O. The van der Waals surface area contributed by atoms with E-state index in [4.69, 9.17) is 5.73 Å². The molecule has 0 aromatic heterocycles. The van der Waals surface area contributed by atoms with Gasteiger partial charge in [0.25, 0.3) is 0 Å². The minimum atomic E-state index is -0.681. The average molecular weight is 366 g/mol. The van der Waals surface area contributed by atoms with Gasteiger partial charge in [0.2, 0.25) is 5.91 Å². The number of benzene rings is 2. The van der Waals surface area contributed by atoms with Crippen molar-refractivity contribution >= 4 is 5.91 Å². The number of primary amides is 1. The van der Waals surface area contributed by atoms with E-state index in [0.717, 1.165) is 50.8 Å². The van der Waals surface area contributed by atoms with Gasteiger partial charge in [-0.05, 0) is 50.3 Å². The van der Waals surface area contributed by atoms with Crippen LogP contribution in [0, 0.1) is 17.1 Å². The Labute approximate surface area is 158 Å². The van der Waals surface area contributed by atoms with Crippen molar-refractivity contribution in [1.82, 2.24) is 9.80 Å². The summed E-state index contributed by atoms with van der Waals surface area (Å²) in [6.45, 7) is 4.91. The Kier molecular flexibility index (Phi) is 5.84. The molecule has 0 spiro atoms. The highest BCUT2D eigenvalue weighted by atomic mass is 19.1. The maximum atomic E-state index is 14.4. The monoisotopic (exact) mass is 366 g/mol. The number of carbonyl (C=O) groups is 1. The van der Waals surface area contributed by atoms with E-state index in [1.54, 1.807) is 6.07 Å². The molecule has 27 heavy (non-hydrogen) atoms. The van der Waals surface area contributed by atoms with Crippen LogP contribution in [0.5, 0.6) is 0 Å². The quantitative estimate of drug-likeness (QED) is 0.903. The zero-order chi connectivity index (χ0) is 19.4. The van der Waals surface area contributed by atoms with Crippen molar-refractivity contribution in [1.29, 1.82) is 5.26 Å². The van der Waals surface area contributed by atoms with Crippen LogP contribution in [0.2, 0.25) is 0 Å². The van der Waals surface area contributed by atoms with Gasteiger partial charge in [-0.25, -0.2) is 4.39 Å². The van der Waals surface area contributed by atoms with Gasteiger partial charge in [-0.1, -0.05) is 18.2 Å². The zero-order valence-electron chi connectivity index (χ0n) is 15.4. The summed E-state index contributed by atoms with van der Waals surface area (Å²) in [5, 5.41) is 9.56. The third-order valence-electron chi connectivity index (χ3n) is 4.97. The van der Waals surface area contributed by atoms with Gasteiger partial charge in [0.15, 0.2) is 0 Å². The van der Waals surface area contributed by atoms with Crippen LogP contribution in [0.4, 0.5) is 4.39 Å². The molecule has 2 N–H and O–H groups in total. The second kappa shape index (κ2) is 8.30. The molecule has 2 aromatic carbocycles. The molecule has 1 aliphatic heterocycles. The van der Waals surface area contributed by atoms with Gasteiger partial charge in [0.1, 0.15) is 5.82 Å². The molecule has 0 radical (unpaired) electrons. The number of nitrogens with two attached hydrogens (primary N) is 1. The first-order valence-electron chi connectivity index (χ1n) is 9.01. The number of rotatable bonds is 4. The maximum Gasteiger partial charge on any atom is 0.248 e. The minimum Gasteiger partial charge on any atom is -0.366 e. The van der Waals surface area contributed by atoms with E-state index >= 15 is 0 Å². The summed E-state index contributed by atoms with van der Waals surface area (Å²) >= 11 is 0. The highest BCUT2D eigenvalue weighted by Crippen LogP contribution is 2.28. The Hall–Kier alpha value is -2.75. The molecule has 0 aliphatic carbocycles. The Morgan fingerprint density at radius 2 is 1.93 bits per heavy atom. The smallest absolute Gasteiger partial charge is 0.248 e. The van der Waals surface area contributed by atoms with E-state index in [1.165, 1.54) is 12.1 Å². The van der Waals surface area contributed by atoms with Crippen molar-refractivity contribution in [2.45, 2.75) is 13.0 Å². The fourth-order valence-corrected chi connectivity index (χ4v) is 3.42. The molecule has 1 amide bonds. The van der Waals surface area contributed by atoms with Crippen LogP contribution in [0.1, 0.15) is 27.9 Å². The first kappa shape index (κ1) is 19.0. The van der Waals surface area contributed by atoms with E-state index in [2.05, 4.69) is 22.9 Å². The van der Waals surface area contributed by atoms with Gasteiger partial charge in [-0.15, -0.1) is 0 Å². The van der Waals surface area contributed by atoms with E-state index in [-0.39, 0.29) is 5.56 Å². The Morgan fingerprint density at radius 1 is 1.15 bits per heavy atom. The standard InChI is InChI=1S/C21H23FN4O/c1-25-7-2-8-26(10-9-25)14-15-3-5-18(17(11-15)13-23)19-6-4-16(21(24)27)12-20(19)22/h3-6,11-12H,2,7-10,14H2,1H3,(H2,24,27).